The lowest BCUT2D eigenvalue weighted by Gasteiger charge is -2.28. The minimum Gasteiger partial charge on any atom is -0.354 e. The molecular weight excluding hydrogens is 422 g/mol. The second-order valence-corrected chi connectivity index (χ2v) is 8.82. The van der Waals surface area contributed by atoms with Crippen molar-refractivity contribution in [3.8, 4) is 11.1 Å². The van der Waals surface area contributed by atoms with Gasteiger partial charge in [-0.15, -0.1) is 11.8 Å². The number of anilines is 1. The molecule has 2 aliphatic rings. The highest BCUT2D eigenvalue weighted by atomic mass is 32.2. The Kier molecular flexibility index (Phi) is 5.98. The average molecular weight is 446 g/mol. The SMILES string of the molecule is O=CC(=O)C1NCS/C1=C\c1ccc2nccc(-c3ccc(N4CCNCC4)nc3)c2c1. The number of carbonyl (C=O) groups excluding carboxylic acids is 2. The monoisotopic (exact) mass is 445 g/mol. The number of hydrogen-bond acceptors (Lipinski definition) is 8. The van der Waals surface area contributed by atoms with E-state index in [1.165, 1.54) is 0 Å². The molecule has 0 radical (unpaired) electrons. The van der Waals surface area contributed by atoms with E-state index in [0.29, 0.717) is 12.2 Å². The molecule has 7 nitrogen and oxygen atoms in total. The van der Waals surface area contributed by atoms with E-state index in [2.05, 4.69) is 38.7 Å². The maximum absolute atomic E-state index is 11.9. The molecule has 2 fully saturated rings. The summed E-state index contributed by atoms with van der Waals surface area (Å²) in [4.78, 5) is 35.2. The smallest absolute Gasteiger partial charge is 0.217 e. The number of fused-ring (bicyclic) bond motifs is 1. The Hall–Kier alpha value is -3.07. The molecule has 1 aromatic carbocycles. The number of Topliss-reactive ketones (excluding diaryl/α,β-unsaturated/α-hetero) is 1. The molecular formula is C24H23N5O2S. The number of hydrogen-bond donors (Lipinski definition) is 2. The largest absolute Gasteiger partial charge is 0.354 e. The van der Waals surface area contributed by atoms with Crippen LogP contribution in [0, 0.1) is 0 Å². The van der Waals surface area contributed by atoms with Crippen molar-refractivity contribution in [1.29, 1.82) is 0 Å². The molecule has 2 saturated heterocycles. The Morgan fingerprint density at radius 3 is 2.78 bits per heavy atom. The molecule has 0 bridgehead atoms. The number of aldehydes is 1. The maximum Gasteiger partial charge on any atom is 0.217 e. The van der Waals surface area contributed by atoms with Gasteiger partial charge in [0.2, 0.25) is 5.78 Å². The van der Waals surface area contributed by atoms with Crippen molar-refractivity contribution in [3.05, 3.63) is 59.3 Å². The van der Waals surface area contributed by atoms with E-state index >= 15 is 0 Å². The summed E-state index contributed by atoms with van der Waals surface area (Å²) in [5, 5.41) is 7.45. The van der Waals surface area contributed by atoms with E-state index < -0.39 is 11.8 Å². The second kappa shape index (κ2) is 9.20. The fraction of sp³-hybridized carbons (Fsp3) is 0.250. The van der Waals surface area contributed by atoms with Crippen LogP contribution in [0.2, 0.25) is 0 Å². The summed E-state index contributed by atoms with van der Waals surface area (Å²) >= 11 is 1.55. The first-order chi connectivity index (χ1) is 15.7. The number of thioether (sulfide) groups is 1. The molecule has 8 heteroatoms. The minimum atomic E-state index is -0.553. The van der Waals surface area contributed by atoms with Crippen molar-refractivity contribution in [2.75, 3.05) is 37.0 Å². The molecule has 5 rings (SSSR count). The molecule has 32 heavy (non-hydrogen) atoms. The zero-order valence-electron chi connectivity index (χ0n) is 17.5. The molecule has 2 N–H and O–H groups in total. The van der Waals surface area contributed by atoms with E-state index in [9.17, 15) is 9.59 Å². The lowest BCUT2D eigenvalue weighted by atomic mass is 10.0. The van der Waals surface area contributed by atoms with Gasteiger partial charge in [-0.05, 0) is 47.5 Å². The van der Waals surface area contributed by atoms with Gasteiger partial charge in [0.05, 0.1) is 5.52 Å². The third-order valence-corrected chi connectivity index (χ3v) is 6.78. The number of nitrogens with one attached hydrogen (secondary N) is 2. The van der Waals surface area contributed by atoms with E-state index in [0.717, 1.165) is 64.5 Å². The summed E-state index contributed by atoms with van der Waals surface area (Å²) in [5.74, 6) is 1.16. The van der Waals surface area contributed by atoms with Crippen LogP contribution < -0.4 is 15.5 Å². The zero-order valence-corrected chi connectivity index (χ0v) is 18.3. The molecule has 0 spiro atoms. The number of carbonyl (C=O) groups is 2. The van der Waals surface area contributed by atoms with E-state index in [1.807, 2.05) is 36.7 Å². The van der Waals surface area contributed by atoms with Crippen LogP contribution in [0.25, 0.3) is 28.1 Å². The van der Waals surface area contributed by atoms with Crippen molar-refractivity contribution in [2.45, 2.75) is 6.04 Å². The van der Waals surface area contributed by atoms with E-state index in [4.69, 9.17) is 4.98 Å². The topological polar surface area (TPSA) is 87.2 Å². The summed E-state index contributed by atoms with van der Waals surface area (Å²) in [6.07, 6.45) is 6.10. The van der Waals surface area contributed by atoms with Crippen LogP contribution >= 0.6 is 11.8 Å². The van der Waals surface area contributed by atoms with Gasteiger partial charge in [-0.3, -0.25) is 19.9 Å². The fourth-order valence-electron chi connectivity index (χ4n) is 4.12. The molecule has 0 aliphatic carbocycles. The number of pyridine rings is 2. The first-order valence-electron chi connectivity index (χ1n) is 10.6. The van der Waals surface area contributed by atoms with Crippen molar-refractivity contribution >= 4 is 46.6 Å². The Morgan fingerprint density at radius 2 is 2.00 bits per heavy atom. The van der Waals surface area contributed by atoms with Gasteiger partial charge in [-0.2, -0.15) is 0 Å². The number of benzene rings is 1. The Balaban J connectivity index is 1.48. The van der Waals surface area contributed by atoms with Crippen LogP contribution in [-0.4, -0.2) is 60.1 Å². The van der Waals surface area contributed by atoms with Gasteiger partial charge in [0.15, 0.2) is 6.29 Å². The van der Waals surface area contributed by atoms with Gasteiger partial charge in [-0.1, -0.05) is 6.07 Å². The predicted octanol–water partition coefficient (Wildman–Crippen LogP) is 2.48. The number of nitrogens with zero attached hydrogens (tertiary/aromatic N) is 3. The Labute approximate surface area is 190 Å². The van der Waals surface area contributed by atoms with Crippen molar-refractivity contribution < 1.29 is 9.59 Å². The molecule has 0 amide bonds. The van der Waals surface area contributed by atoms with Gasteiger partial charge >= 0.3 is 0 Å². The van der Waals surface area contributed by atoms with Crippen LogP contribution in [0.4, 0.5) is 5.82 Å². The summed E-state index contributed by atoms with van der Waals surface area (Å²) in [5.41, 5.74) is 3.96. The minimum absolute atomic E-state index is 0.386. The summed E-state index contributed by atoms with van der Waals surface area (Å²) in [6, 6.07) is 11.7. The number of aromatic nitrogens is 2. The van der Waals surface area contributed by atoms with Gasteiger partial charge < -0.3 is 10.2 Å². The van der Waals surface area contributed by atoms with Crippen LogP contribution in [0.3, 0.4) is 0 Å². The fourth-order valence-corrected chi connectivity index (χ4v) is 5.12. The maximum atomic E-state index is 11.9. The van der Waals surface area contributed by atoms with Gasteiger partial charge in [-0.25, -0.2) is 4.98 Å². The van der Waals surface area contributed by atoms with Crippen LogP contribution in [0.15, 0.2) is 53.7 Å². The zero-order chi connectivity index (χ0) is 21.9. The third kappa shape index (κ3) is 4.17. The van der Waals surface area contributed by atoms with Crippen molar-refractivity contribution in [2.24, 2.45) is 0 Å². The first-order valence-corrected chi connectivity index (χ1v) is 11.6. The molecule has 1 atom stereocenters. The first kappa shape index (κ1) is 20.8. The van der Waals surface area contributed by atoms with Crippen molar-refractivity contribution in [3.63, 3.8) is 0 Å². The second-order valence-electron chi connectivity index (χ2n) is 7.77. The van der Waals surface area contributed by atoms with Crippen LogP contribution in [-0.2, 0) is 9.59 Å². The highest BCUT2D eigenvalue weighted by Gasteiger charge is 2.27. The summed E-state index contributed by atoms with van der Waals surface area (Å²) in [7, 11) is 0. The predicted molar refractivity (Wildman–Crippen MR) is 128 cm³/mol. The molecule has 1 unspecified atom stereocenters. The highest BCUT2D eigenvalue weighted by molar-refractivity contribution is 8.03. The van der Waals surface area contributed by atoms with E-state index in [-0.39, 0.29) is 0 Å². The Bertz CT molecular complexity index is 1190. The molecule has 0 saturated carbocycles. The van der Waals surface area contributed by atoms with E-state index in [1.54, 1.807) is 11.8 Å². The standard InChI is InChI=1S/C24H23N5O2S/c30-14-21(31)24-22(32-15-28-24)12-16-1-3-20-19(11-16)18(5-6-26-20)17-2-4-23(27-13-17)29-9-7-25-8-10-29/h1-6,11-14,24-25,28H,7-10,15H2/b22-12-. The average Bonchev–Trinajstić information content (AvgIpc) is 3.32. The number of ketones is 1. The van der Waals surface area contributed by atoms with Crippen molar-refractivity contribution in [1.82, 2.24) is 20.6 Å². The molecule has 2 aromatic heterocycles. The Morgan fingerprint density at radius 1 is 1.12 bits per heavy atom. The van der Waals surface area contributed by atoms with Gasteiger partial charge in [0.1, 0.15) is 11.9 Å². The van der Waals surface area contributed by atoms with Gasteiger partial charge in [0.25, 0.3) is 0 Å². The molecule has 3 aromatic rings. The molecule has 2 aliphatic heterocycles. The molecule has 4 heterocycles. The quantitative estimate of drug-likeness (QED) is 0.458. The number of piperazine rings is 1. The third-order valence-electron chi connectivity index (χ3n) is 5.79. The lowest BCUT2D eigenvalue weighted by Crippen LogP contribution is -2.43. The van der Waals surface area contributed by atoms with Crippen LogP contribution in [0.1, 0.15) is 5.56 Å². The highest BCUT2D eigenvalue weighted by Crippen LogP contribution is 2.32. The normalized spacial score (nSPS) is 20.1. The van der Waals surface area contributed by atoms with Crippen LogP contribution in [0.5, 0.6) is 0 Å². The summed E-state index contributed by atoms with van der Waals surface area (Å²) < 4.78 is 0. The summed E-state index contributed by atoms with van der Waals surface area (Å²) in [6.45, 7) is 3.87. The number of rotatable bonds is 5. The molecule has 162 valence electrons. The van der Waals surface area contributed by atoms with Gasteiger partial charge in [0, 0.05) is 60.3 Å². The lowest BCUT2D eigenvalue weighted by molar-refractivity contribution is -0.130.